The van der Waals surface area contributed by atoms with E-state index in [0.717, 1.165) is 12.8 Å². The Bertz CT molecular complexity index is 632. The van der Waals surface area contributed by atoms with Crippen LogP contribution in [0.4, 0.5) is 0 Å². The Morgan fingerprint density at radius 1 is 1.53 bits per heavy atom. The summed E-state index contributed by atoms with van der Waals surface area (Å²) in [6.45, 7) is 2.42. The van der Waals surface area contributed by atoms with E-state index < -0.39 is 0 Å². The number of rotatable bonds is 4. The van der Waals surface area contributed by atoms with Crippen LogP contribution in [0.1, 0.15) is 28.9 Å². The zero-order valence-corrected chi connectivity index (χ0v) is 10.6. The molecule has 1 aliphatic carbocycles. The van der Waals surface area contributed by atoms with E-state index in [9.17, 15) is 9.90 Å². The Kier molecular flexibility index (Phi) is 2.70. The molecule has 7 heteroatoms. The number of nitrogens with zero attached hydrogens (tertiary/aromatic N) is 4. The van der Waals surface area contributed by atoms with Crippen molar-refractivity contribution in [2.24, 2.45) is 5.41 Å². The lowest BCUT2D eigenvalue weighted by molar-refractivity contribution is 0.0933. The number of nitrogens with one attached hydrogen (secondary N) is 1. The van der Waals surface area contributed by atoms with Crippen molar-refractivity contribution >= 4 is 11.7 Å². The minimum absolute atomic E-state index is 0.103. The van der Waals surface area contributed by atoms with E-state index in [-0.39, 0.29) is 17.9 Å². The Balaban J connectivity index is 1.79. The van der Waals surface area contributed by atoms with Crippen molar-refractivity contribution in [3.63, 3.8) is 0 Å². The lowest BCUT2D eigenvalue weighted by Gasteiger charge is -2.13. The monoisotopic (exact) mass is 261 g/mol. The summed E-state index contributed by atoms with van der Waals surface area (Å²) in [5.41, 5.74) is 1.08. The Morgan fingerprint density at radius 3 is 3.00 bits per heavy atom. The first-order valence-electron chi connectivity index (χ1n) is 6.20. The smallest absolute Gasteiger partial charge is 0.254 e. The van der Waals surface area contributed by atoms with Gasteiger partial charge in [0, 0.05) is 18.2 Å². The summed E-state index contributed by atoms with van der Waals surface area (Å²) in [5.74, 6) is 0.283. The molecule has 1 amide bonds. The van der Waals surface area contributed by atoms with Crippen molar-refractivity contribution < 1.29 is 9.90 Å². The quantitative estimate of drug-likeness (QED) is 0.804. The predicted octanol–water partition coefficient (Wildman–Crippen LogP) is -0.0650. The molecule has 2 heterocycles. The normalized spacial score (nSPS) is 16.5. The molecule has 0 aromatic carbocycles. The molecule has 0 saturated heterocycles. The highest BCUT2D eigenvalue weighted by molar-refractivity contribution is 5.95. The van der Waals surface area contributed by atoms with Gasteiger partial charge < -0.3 is 10.4 Å². The second-order valence-electron chi connectivity index (χ2n) is 5.07. The van der Waals surface area contributed by atoms with Crippen molar-refractivity contribution in [1.82, 2.24) is 24.9 Å². The Morgan fingerprint density at radius 2 is 2.32 bits per heavy atom. The Labute approximate surface area is 109 Å². The van der Waals surface area contributed by atoms with E-state index >= 15 is 0 Å². The second-order valence-corrected chi connectivity index (χ2v) is 5.07. The van der Waals surface area contributed by atoms with Crippen molar-refractivity contribution in [1.29, 1.82) is 0 Å². The van der Waals surface area contributed by atoms with Crippen molar-refractivity contribution in [2.75, 3.05) is 13.2 Å². The molecule has 0 spiro atoms. The van der Waals surface area contributed by atoms with Gasteiger partial charge in [-0.2, -0.15) is 10.1 Å². The Hall–Kier alpha value is -2.02. The average molecular weight is 261 g/mol. The number of hydrogen-bond acceptors (Lipinski definition) is 5. The molecular formula is C12H15N5O2. The third-order valence-corrected chi connectivity index (χ3v) is 3.71. The summed E-state index contributed by atoms with van der Waals surface area (Å²) >= 11 is 0. The first-order valence-corrected chi connectivity index (χ1v) is 6.20. The molecule has 0 aliphatic heterocycles. The minimum atomic E-state index is -0.192. The lowest BCUT2D eigenvalue weighted by atomic mass is 10.1. The molecule has 2 aromatic heterocycles. The second kappa shape index (κ2) is 4.27. The van der Waals surface area contributed by atoms with Gasteiger partial charge >= 0.3 is 0 Å². The van der Waals surface area contributed by atoms with E-state index in [1.165, 1.54) is 17.0 Å². The van der Waals surface area contributed by atoms with Crippen LogP contribution < -0.4 is 5.32 Å². The van der Waals surface area contributed by atoms with Gasteiger partial charge in [-0.25, -0.2) is 9.50 Å². The zero-order chi connectivity index (χ0) is 13.5. The molecule has 1 aliphatic rings. The maximum absolute atomic E-state index is 12.1. The van der Waals surface area contributed by atoms with E-state index in [0.29, 0.717) is 23.6 Å². The molecule has 100 valence electrons. The maximum Gasteiger partial charge on any atom is 0.254 e. The molecule has 1 fully saturated rings. The van der Waals surface area contributed by atoms with Crippen LogP contribution in [0.5, 0.6) is 0 Å². The number of aliphatic hydroxyl groups is 1. The van der Waals surface area contributed by atoms with Gasteiger partial charge in [-0.05, 0) is 19.8 Å². The predicted molar refractivity (Wildman–Crippen MR) is 66.6 cm³/mol. The molecule has 3 rings (SSSR count). The molecule has 0 radical (unpaired) electrons. The van der Waals surface area contributed by atoms with Crippen LogP contribution >= 0.6 is 0 Å². The van der Waals surface area contributed by atoms with Crippen LogP contribution in [0.2, 0.25) is 0 Å². The summed E-state index contributed by atoms with van der Waals surface area (Å²) < 4.78 is 1.54. The minimum Gasteiger partial charge on any atom is -0.396 e. The number of fused-ring (bicyclic) bond motifs is 1. The molecule has 2 aromatic rings. The molecule has 0 atom stereocenters. The number of aryl methyl sites for hydroxylation is 1. The van der Waals surface area contributed by atoms with Crippen LogP contribution in [-0.2, 0) is 0 Å². The van der Waals surface area contributed by atoms with Gasteiger partial charge in [-0.3, -0.25) is 4.79 Å². The van der Waals surface area contributed by atoms with Crippen LogP contribution in [0, 0.1) is 12.3 Å². The fourth-order valence-electron chi connectivity index (χ4n) is 2.04. The van der Waals surface area contributed by atoms with Gasteiger partial charge in [0.1, 0.15) is 6.33 Å². The molecule has 0 bridgehead atoms. The summed E-state index contributed by atoms with van der Waals surface area (Å²) in [6.07, 6.45) is 4.83. The molecule has 2 N–H and O–H groups in total. The van der Waals surface area contributed by atoms with Gasteiger partial charge in [0.15, 0.2) is 0 Å². The highest BCUT2D eigenvalue weighted by Crippen LogP contribution is 2.44. The third kappa shape index (κ3) is 2.06. The largest absolute Gasteiger partial charge is 0.396 e. The highest BCUT2D eigenvalue weighted by atomic mass is 16.3. The number of amides is 1. The molecular weight excluding hydrogens is 246 g/mol. The van der Waals surface area contributed by atoms with Gasteiger partial charge in [-0.15, -0.1) is 0 Å². The number of aliphatic hydroxyl groups excluding tert-OH is 1. The standard InChI is InChI=1S/C12H15N5O2/c1-8-9(4-13-11-15-7-16-17(8)11)10(19)14-5-12(6-18)2-3-12/h4,7,18H,2-3,5-6H2,1H3,(H,14,19). The summed E-state index contributed by atoms with van der Waals surface area (Å²) in [7, 11) is 0. The van der Waals surface area contributed by atoms with Crippen molar-refractivity contribution in [3.8, 4) is 0 Å². The van der Waals surface area contributed by atoms with E-state index in [1.54, 1.807) is 6.92 Å². The summed E-state index contributed by atoms with van der Waals surface area (Å²) in [4.78, 5) is 20.2. The SMILES string of the molecule is Cc1c(C(=O)NCC2(CO)CC2)cnc2ncnn12. The van der Waals surface area contributed by atoms with Crippen LogP contribution in [-0.4, -0.2) is 43.7 Å². The topological polar surface area (TPSA) is 92.4 Å². The molecule has 0 unspecified atom stereocenters. The number of hydrogen-bond donors (Lipinski definition) is 2. The highest BCUT2D eigenvalue weighted by Gasteiger charge is 2.42. The van der Waals surface area contributed by atoms with Gasteiger partial charge in [0.2, 0.25) is 0 Å². The van der Waals surface area contributed by atoms with Gasteiger partial charge in [-0.1, -0.05) is 0 Å². The fraction of sp³-hybridized carbons (Fsp3) is 0.500. The summed E-state index contributed by atoms with van der Waals surface area (Å²) in [5, 5.41) is 16.1. The maximum atomic E-state index is 12.1. The van der Waals surface area contributed by atoms with Crippen molar-refractivity contribution in [3.05, 3.63) is 23.8 Å². The fourth-order valence-corrected chi connectivity index (χ4v) is 2.04. The number of carbonyl (C=O) groups is 1. The molecule has 1 saturated carbocycles. The first-order chi connectivity index (χ1) is 9.15. The first kappa shape index (κ1) is 12.0. The number of carbonyl (C=O) groups excluding carboxylic acids is 1. The van der Waals surface area contributed by atoms with Crippen LogP contribution in [0.15, 0.2) is 12.5 Å². The zero-order valence-electron chi connectivity index (χ0n) is 10.6. The third-order valence-electron chi connectivity index (χ3n) is 3.71. The molecule has 19 heavy (non-hydrogen) atoms. The summed E-state index contributed by atoms with van der Waals surface area (Å²) in [6, 6.07) is 0. The number of aromatic nitrogens is 4. The van der Waals surface area contributed by atoms with Crippen LogP contribution in [0.25, 0.3) is 5.78 Å². The van der Waals surface area contributed by atoms with E-state index in [2.05, 4.69) is 20.4 Å². The van der Waals surface area contributed by atoms with E-state index in [4.69, 9.17) is 0 Å². The average Bonchev–Trinajstić information content (AvgIpc) is 3.04. The van der Waals surface area contributed by atoms with E-state index in [1.807, 2.05) is 0 Å². The van der Waals surface area contributed by atoms with Gasteiger partial charge in [0.05, 0.1) is 17.9 Å². The lowest BCUT2D eigenvalue weighted by Crippen LogP contribution is -2.32. The molecule has 7 nitrogen and oxygen atoms in total. The van der Waals surface area contributed by atoms with Crippen molar-refractivity contribution in [2.45, 2.75) is 19.8 Å². The van der Waals surface area contributed by atoms with Crippen LogP contribution in [0.3, 0.4) is 0 Å². The van der Waals surface area contributed by atoms with Gasteiger partial charge in [0.25, 0.3) is 11.7 Å².